The van der Waals surface area contributed by atoms with Gasteiger partial charge in [-0.1, -0.05) is 18.2 Å². The van der Waals surface area contributed by atoms with Crippen LogP contribution in [-0.4, -0.2) is 48.3 Å². The maximum atomic E-state index is 12.4. The van der Waals surface area contributed by atoms with Crippen molar-refractivity contribution in [1.82, 2.24) is 9.80 Å². The van der Waals surface area contributed by atoms with Crippen LogP contribution >= 0.6 is 0 Å². The number of likely N-dealkylation sites (tertiary alicyclic amines) is 2. The Morgan fingerprint density at radius 1 is 1.10 bits per heavy atom. The molecular weight excluding hydrogens is 264 g/mol. The zero-order valence-electron chi connectivity index (χ0n) is 12.5. The fourth-order valence-electron chi connectivity index (χ4n) is 3.59. The van der Waals surface area contributed by atoms with Gasteiger partial charge in [-0.25, -0.2) is 0 Å². The molecule has 0 N–H and O–H groups in total. The first-order chi connectivity index (χ1) is 10.1. The highest BCUT2D eigenvalue weighted by molar-refractivity contribution is 5.94. The minimum absolute atomic E-state index is 0.130. The maximum absolute atomic E-state index is 12.4. The standard InChI is InChI=1S/C17H22N2O2/c1-18-13-17(8-7-15(18)20)9-11-19(12-10-17)16(21)14-5-3-2-4-6-14/h2-6H,7-13H2,1H3. The molecule has 2 aliphatic heterocycles. The summed E-state index contributed by atoms with van der Waals surface area (Å²) in [5.74, 6) is 0.383. The van der Waals surface area contributed by atoms with Crippen LogP contribution in [0.25, 0.3) is 0 Å². The Kier molecular flexibility index (Phi) is 3.70. The van der Waals surface area contributed by atoms with Gasteiger partial charge in [0.2, 0.25) is 5.91 Å². The van der Waals surface area contributed by atoms with Crippen LogP contribution in [0.2, 0.25) is 0 Å². The van der Waals surface area contributed by atoms with Crippen LogP contribution in [0.15, 0.2) is 30.3 Å². The Morgan fingerprint density at radius 3 is 2.38 bits per heavy atom. The summed E-state index contributed by atoms with van der Waals surface area (Å²) in [7, 11) is 1.89. The van der Waals surface area contributed by atoms with E-state index in [4.69, 9.17) is 0 Å². The predicted molar refractivity (Wildman–Crippen MR) is 80.9 cm³/mol. The summed E-state index contributed by atoms with van der Waals surface area (Å²) in [6.45, 7) is 2.45. The average Bonchev–Trinajstić information content (AvgIpc) is 2.52. The first kappa shape index (κ1) is 14.1. The van der Waals surface area contributed by atoms with Crippen LogP contribution < -0.4 is 0 Å². The molecule has 0 radical (unpaired) electrons. The van der Waals surface area contributed by atoms with Gasteiger partial charge in [-0.05, 0) is 36.8 Å². The van der Waals surface area contributed by atoms with Crippen molar-refractivity contribution in [2.75, 3.05) is 26.7 Å². The molecular formula is C17H22N2O2. The number of nitrogens with zero attached hydrogens (tertiary/aromatic N) is 2. The molecule has 3 rings (SSSR count). The summed E-state index contributed by atoms with van der Waals surface area (Å²) in [5.41, 5.74) is 1.00. The summed E-state index contributed by atoms with van der Waals surface area (Å²) in [5, 5.41) is 0. The molecule has 1 spiro atoms. The lowest BCUT2D eigenvalue weighted by Crippen LogP contribution is -2.51. The Balaban J connectivity index is 1.63. The van der Waals surface area contributed by atoms with E-state index in [0.29, 0.717) is 6.42 Å². The van der Waals surface area contributed by atoms with E-state index in [-0.39, 0.29) is 17.2 Å². The van der Waals surface area contributed by atoms with Crippen molar-refractivity contribution < 1.29 is 9.59 Å². The monoisotopic (exact) mass is 286 g/mol. The van der Waals surface area contributed by atoms with Crippen molar-refractivity contribution in [3.05, 3.63) is 35.9 Å². The number of benzene rings is 1. The molecule has 2 heterocycles. The van der Waals surface area contributed by atoms with Gasteiger partial charge in [-0.3, -0.25) is 9.59 Å². The minimum atomic E-state index is 0.130. The Hall–Kier alpha value is -1.84. The molecule has 2 saturated heterocycles. The molecule has 21 heavy (non-hydrogen) atoms. The van der Waals surface area contributed by atoms with Gasteiger partial charge >= 0.3 is 0 Å². The normalized spacial score (nSPS) is 21.7. The van der Waals surface area contributed by atoms with E-state index in [9.17, 15) is 9.59 Å². The SMILES string of the molecule is CN1CC2(CCC1=O)CCN(C(=O)c1ccccc1)CC2. The van der Waals surface area contributed by atoms with Gasteiger partial charge in [0.15, 0.2) is 0 Å². The molecule has 0 aromatic heterocycles. The van der Waals surface area contributed by atoms with Gasteiger partial charge in [0.1, 0.15) is 0 Å². The second kappa shape index (κ2) is 5.51. The van der Waals surface area contributed by atoms with E-state index in [1.54, 1.807) is 0 Å². The van der Waals surface area contributed by atoms with Crippen LogP contribution in [0.5, 0.6) is 0 Å². The van der Waals surface area contributed by atoms with Gasteiger partial charge in [-0.15, -0.1) is 0 Å². The molecule has 2 amide bonds. The Bertz CT molecular complexity index is 533. The fraction of sp³-hybridized carbons (Fsp3) is 0.529. The number of hydrogen-bond acceptors (Lipinski definition) is 2. The maximum Gasteiger partial charge on any atom is 0.253 e. The first-order valence-corrected chi connectivity index (χ1v) is 7.68. The molecule has 0 saturated carbocycles. The topological polar surface area (TPSA) is 40.6 Å². The van der Waals surface area contributed by atoms with Crippen LogP contribution in [0.4, 0.5) is 0 Å². The molecule has 112 valence electrons. The van der Waals surface area contributed by atoms with E-state index in [2.05, 4.69) is 0 Å². The van der Waals surface area contributed by atoms with Crippen molar-refractivity contribution in [1.29, 1.82) is 0 Å². The molecule has 1 aromatic carbocycles. The third-order valence-corrected chi connectivity index (χ3v) is 5.00. The van der Waals surface area contributed by atoms with Crippen LogP contribution in [0, 0.1) is 5.41 Å². The summed E-state index contributed by atoms with van der Waals surface area (Å²) in [6, 6.07) is 9.48. The van der Waals surface area contributed by atoms with E-state index >= 15 is 0 Å². The minimum Gasteiger partial charge on any atom is -0.345 e. The number of piperidine rings is 2. The highest BCUT2D eigenvalue weighted by Gasteiger charge is 2.40. The smallest absolute Gasteiger partial charge is 0.253 e. The lowest BCUT2D eigenvalue weighted by atomic mass is 9.72. The zero-order chi connectivity index (χ0) is 14.9. The highest BCUT2D eigenvalue weighted by Crippen LogP contribution is 2.39. The Labute approximate surface area is 125 Å². The highest BCUT2D eigenvalue weighted by atomic mass is 16.2. The number of amides is 2. The van der Waals surface area contributed by atoms with Gasteiger partial charge in [0.05, 0.1) is 0 Å². The number of rotatable bonds is 1. The van der Waals surface area contributed by atoms with E-state index in [1.807, 2.05) is 47.2 Å². The summed E-state index contributed by atoms with van der Waals surface area (Å²) in [6.07, 6.45) is 3.64. The van der Waals surface area contributed by atoms with Crippen molar-refractivity contribution in [2.24, 2.45) is 5.41 Å². The van der Waals surface area contributed by atoms with E-state index in [1.165, 1.54) is 0 Å². The third-order valence-electron chi connectivity index (χ3n) is 5.00. The zero-order valence-corrected chi connectivity index (χ0v) is 12.5. The number of carbonyl (C=O) groups is 2. The van der Waals surface area contributed by atoms with Gasteiger partial charge in [0, 0.05) is 38.7 Å². The second-order valence-electron chi connectivity index (χ2n) is 6.41. The van der Waals surface area contributed by atoms with Crippen molar-refractivity contribution in [2.45, 2.75) is 25.7 Å². The average molecular weight is 286 g/mol. The quantitative estimate of drug-likeness (QED) is 0.794. The first-order valence-electron chi connectivity index (χ1n) is 7.68. The molecule has 0 aliphatic carbocycles. The number of hydrogen-bond donors (Lipinski definition) is 0. The van der Waals surface area contributed by atoms with E-state index < -0.39 is 0 Å². The van der Waals surface area contributed by atoms with Crippen LogP contribution in [0.1, 0.15) is 36.0 Å². The Morgan fingerprint density at radius 2 is 1.76 bits per heavy atom. The van der Waals surface area contributed by atoms with Crippen molar-refractivity contribution >= 4 is 11.8 Å². The molecule has 0 atom stereocenters. The molecule has 0 bridgehead atoms. The second-order valence-corrected chi connectivity index (χ2v) is 6.41. The third kappa shape index (κ3) is 2.80. The van der Waals surface area contributed by atoms with Gasteiger partial charge in [-0.2, -0.15) is 0 Å². The molecule has 4 nitrogen and oxygen atoms in total. The number of carbonyl (C=O) groups excluding carboxylic acids is 2. The van der Waals surface area contributed by atoms with Crippen molar-refractivity contribution in [3.63, 3.8) is 0 Å². The molecule has 0 unspecified atom stereocenters. The van der Waals surface area contributed by atoms with Crippen molar-refractivity contribution in [3.8, 4) is 0 Å². The predicted octanol–water partition coefficient (Wildman–Crippen LogP) is 2.16. The van der Waals surface area contributed by atoms with E-state index in [0.717, 1.165) is 44.5 Å². The van der Waals surface area contributed by atoms with Gasteiger partial charge in [0.25, 0.3) is 5.91 Å². The lowest BCUT2D eigenvalue weighted by Gasteiger charge is -2.46. The van der Waals surface area contributed by atoms with Gasteiger partial charge < -0.3 is 9.80 Å². The summed E-state index contributed by atoms with van der Waals surface area (Å²) in [4.78, 5) is 27.9. The summed E-state index contributed by atoms with van der Waals surface area (Å²) < 4.78 is 0. The molecule has 4 heteroatoms. The van der Waals surface area contributed by atoms with Crippen LogP contribution in [0.3, 0.4) is 0 Å². The molecule has 2 aliphatic rings. The molecule has 2 fully saturated rings. The largest absolute Gasteiger partial charge is 0.345 e. The fourth-order valence-corrected chi connectivity index (χ4v) is 3.59. The van der Waals surface area contributed by atoms with Crippen LogP contribution in [-0.2, 0) is 4.79 Å². The lowest BCUT2D eigenvalue weighted by molar-refractivity contribution is -0.137. The summed E-state index contributed by atoms with van der Waals surface area (Å²) >= 11 is 0. The molecule has 1 aromatic rings.